The molecule has 0 bridgehead atoms. The Morgan fingerprint density at radius 3 is 3.00 bits per heavy atom. The van der Waals surface area contributed by atoms with Crippen LogP contribution in [0.3, 0.4) is 0 Å². The van der Waals surface area contributed by atoms with Gasteiger partial charge in [0.25, 0.3) is 0 Å². The first-order chi connectivity index (χ1) is 11.8. The maximum Gasteiger partial charge on any atom is 0.228 e. The minimum atomic E-state index is -0.125. The summed E-state index contributed by atoms with van der Waals surface area (Å²) >= 11 is 0. The Kier molecular flexibility index (Phi) is 4.21. The van der Waals surface area contributed by atoms with Crippen molar-refractivity contribution in [3.05, 3.63) is 48.4 Å². The zero-order valence-corrected chi connectivity index (χ0v) is 13.5. The smallest absolute Gasteiger partial charge is 0.228 e. The van der Waals surface area contributed by atoms with Crippen LogP contribution in [-0.2, 0) is 22.6 Å². The first kappa shape index (κ1) is 15.2. The fraction of sp³-hybridized carbons (Fsp3) is 0.444. The van der Waals surface area contributed by atoms with E-state index >= 15 is 0 Å². The molecule has 0 unspecified atom stereocenters. The van der Waals surface area contributed by atoms with Crippen LogP contribution in [0.2, 0.25) is 0 Å². The van der Waals surface area contributed by atoms with Crippen molar-refractivity contribution in [2.45, 2.75) is 25.6 Å². The molecule has 0 aromatic carbocycles. The largest absolute Gasteiger partial charge is 0.471 e. The van der Waals surface area contributed by atoms with Crippen LogP contribution in [0, 0.1) is 5.92 Å². The molecule has 0 saturated carbocycles. The fourth-order valence-electron chi connectivity index (χ4n) is 3.37. The van der Waals surface area contributed by atoms with Gasteiger partial charge in [0, 0.05) is 30.8 Å². The Hall–Kier alpha value is -2.34. The topological polar surface area (TPSA) is 56.6 Å². The lowest BCUT2D eigenvalue weighted by molar-refractivity contribution is -0.137. The summed E-state index contributed by atoms with van der Waals surface area (Å²) in [5.74, 6) is 0.730. The van der Waals surface area contributed by atoms with Crippen molar-refractivity contribution in [2.75, 3.05) is 19.8 Å². The van der Waals surface area contributed by atoms with Crippen LogP contribution in [0.1, 0.15) is 12.1 Å². The molecular formula is C18H21N3O3. The van der Waals surface area contributed by atoms with Gasteiger partial charge in [0.05, 0.1) is 32.2 Å². The van der Waals surface area contributed by atoms with Crippen LogP contribution in [0.4, 0.5) is 0 Å². The molecule has 6 heteroatoms. The Bertz CT molecular complexity index is 695. The third-order valence-electron chi connectivity index (χ3n) is 4.62. The first-order valence-corrected chi connectivity index (χ1v) is 8.38. The van der Waals surface area contributed by atoms with E-state index in [9.17, 15) is 4.79 Å². The molecule has 4 rings (SSSR count). The predicted octanol–water partition coefficient (Wildman–Crippen LogP) is 1.71. The van der Waals surface area contributed by atoms with E-state index in [1.165, 1.54) is 0 Å². The van der Waals surface area contributed by atoms with Gasteiger partial charge in [-0.3, -0.25) is 4.79 Å². The fourth-order valence-corrected chi connectivity index (χ4v) is 3.37. The third kappa shape index (κ3) is 3.14. The number of hydrogen-bond donors (Lipinski definition) is 0. The lowest BCUT2D eigenvalue weighted by Gasteiger charge is -2.26. The summed E-state index contributed by atoms with van der Waals surface area (Å²) in [6.07, 6.45) is 4.44. The number of fused-ring (bicyclic) bond motifs is 1. The highest BCUT2D eigenvalue weighted by Crippen LogP contribution is 2.22. The number of amides is 1. The Labute approximate surface area is 141 Å². The van der Waals surface area contributed by atoms with Crippen molar-refractivity contribution in [1.82, 2.24) is 14.5 Å². The molecule has 1 saturated heterocycles. The van der Waals surface area contributed by atoms with Crippen LogP contribution < -0.4 is 4.74 Å². The summed E-state index contributed by atoms with van der Waals surface area (Å²) < 4.78 is 13.6. The lowest BCUT2D eigenvalue weighted by Crippen LogP contribution is -2.41. The average molecular weight is 327 g/mol. The summed E-state index contributed by atoms with van der Waals surface area (Å²) in [5, 5.41) is 0. The zero-order chi connectivity index (χ0) is 16.4. The van der Waals surface area contributed by atoms with E-state index < -0.39 is 0 Å². The van der Waals surface area contributed by atoms with Gasteiger partial charge in [-0.25, -0.2) is 4.98 Å². The van der Waals surface area contributed by atoms with Gasteiger partial charge in [-0.05, 0) is 24.6 Å². The second-order valence-corrected chi connectivity index (χ2v) is 6.34. The molecule has 1 amide bonds. The van der Waals surface area contributed by atoms with Gasteiger partial charge in [-0.2, -0.15) is 0 Å². The van der Waals surface area contributed by atoms with Crippen molar-refractivity contribution in [1.29, 1.82) is 0 Å². The van der Waals surface area contributed by atoms with Gasteiger partial charge in [0.1, 0.15) is 6.10 Å². The van der Waals surface area contributed by atoms with E-state index in [1.54, 1.807) is 6.20 Å². The summed E-state index contributed by atoms with van der Waals surface area (Å²) in [6, 6.07) is 9.69. The molecule has 0 radical (unpaired) electrons. The standard InChI is InChI=1S/C18H21N3O3/c22-18(14-6-9-23-13-14)21-10-15-4-3-8-20(15)11-16(12-21)24-17-5-1-2-7-19-17/h1-5,7-8,14,16H,6,9-13H2/t14-,16+/m1/s1. The number of ether oxygens (including phenoxy) is 2. The molecule has 6 nitrogen and oxygen atoms in total. The van der Waals surface area contributed by atoms with Crippen LogP contribution in [0.5, 0.6) is 5.88 Å². The molecule has 2 aliphatic rings. The van der Waals surface area contributed by atoms with Gasteiger partial charge >= 0.3 is 0 Å². The third-order valence-corrected chi connectivity index (χ3v) is 4.62. The maximum atomic E-state index is 12.8. The van der Waals surface area contributed by atoms with Crippen molar-refractivity contribution < 1.29 is 14.3 Å². The number of pyridine rings is 1. The summed E-state index contributed by atoms with van der Waals surface area (Å²) in [7, 11) is 0. The van der Waals surface area contributed by atoms with E-state index in [-0.39, 0.29) is 17.9 Å². The summed E-state index contributed by atoms with van der Waals surface area (Å²) in [4.78, 5) is 19.0. The number of rotatable bonds is 3. The molecular weight excluding hydrogens is 306 g/mol. The molecule has 1 fully saturated rings. The number of hydrogen-bond acceptors (Lipinski definition) is 4. The molecule has 0 N–H and O–H groups in total. The molecule has 0 spiro atoms. The number of nitrogens with zero attached hydrogens (tertiary/aromatic N) is 3. The van der Waals surface area contributed by atoms with Gasteiger partial charge in [-0.15, -0.1) is 0 Å². The SMILES string of the molecule is O=C([C@@H]1CCOC1)N1Cc2cccn2C[C@H](Oc2ccccn2)C1. The minimum absolute atomic E-state index is 0.0259. The molecule has 2 aromatic rings. The van der Waals surface area contributed by atoms with Gasteiger partial charge in [-0.1, -0.05) is 6.07 Å². The average Bonchev–Trinajstić information content (AvgIpc) is 3.24. The number of carbonyl (C=O) groups is 1. The quantitative estimate of drug-likeness (QED) is 0.861. The van der Waals surface area contributed by atoms with E-state index in [0.717, 1.165) is 12.1 Å². The summed E-state index contributed by atoms with van der Waals surface area (Å²) in [5.41, 5.74) is 1.13. The molecule has 126 valence electrons. The minimum Gasteiger partial charge on any atom is -0.471 e. The Balaban J connectivity index is 1.55. The normalized spacial score (nSPS) is 23.6. The van der Waals surface area contributed by atoms with E-state index in [1.807, 2.05) is 35.4 Å². The van der Waals surface area contributed by atoms with Gasteiger partial charge < -0.3 is 18.9 Å². The molecule has 24 heavy (non-hydrogen) atoms. The van der Waals surface area contributed by atoms with Gasteiger partial charge in [0.2, 0.25) is 11.8 Å². The number of carbonyl (C=O) groups excluding carboxylic acids is 1. The number of aromatic nitrogens is 2. The Morgan fingerprint density at radius 2 is 2.21 bits per heavy atom. The molecule has 4 heterocycles. The molecule has 0 aliphatic carbocycles. The van der Waals surface area contributed by atoms with Gasteiger partial charge in [0.15, 0.2) is 0 Å². The maximum absolute atomic E-state index is 12.8. The van der Waals surface area contributed by atoms with E-state index in [4.69, 9.17) is 9.47 Å². The van der Waals surface area contributed by atoms with Crippen LogP contribution in [-0.4, -0.2) is 46.2 Å². The first-order valence-electron chi connectivity index (χ1n) is 8.38. The zero-order valence-electron chi connectivity index (χ0n) is 13.5. The second-order valence-electron chi connectivity index (χ2n) is 6.34. The highest BCUT2D eigenvalue weighted by atomic mass is 16.5. The van der Waals surface area contributed by atoms with Crippen LogP contribution >= 0.6 is 0 Å². The van der Waals surface area contributed by atoms with Crippen molar-refractivity contribution >= 4 is 5.91 Å². The second kappa shape index (κ2) is 6.65. The van der Waals surface area contributed by atoms with Crippen molar-refractivity contribution in [3.63, 3.8) is 0 Å². The molecule has 2 atom stereocenters. The van der Waals surface area contributed by atoms with Crippen molar-refractivity contribution in [2.24, 2.45) is 5.92 Å². The monoisotopic (exact) mass is 327 g/mol. The molecule has 2 aromatic heterocycles. The van der Waals surface area contributed by atoms with E-state index in [2.05, 4.69) is 15.6 Å². The van der Waals surface area contributed by atoms with E-state index in [0.29, 0.717) is 38.7 Å². The molecule has 2 aliphatic heterocycles. The highest BCUT2D eigenvalue weighted by Gasteiger charge is 2.32. The van der Waals surface area contributed by atoms with Crippen LogP contribution in [0.15, 0.2) is 42.7 Å². The predicted molar refractivity (Wildman–Crippen MR) is 87.4 cm³/mol. The van der Waals surface area contributed by atoms with Crippen molar-refractivity contribution in [3.8, 4) is 5.88 Å². The van der Waals surface area contributed by atoms with Crippen LogP contribution in [0.25, 0.3) is 0 Å². The Morgan fingerprint density at radius 1 is 1.25 bits per heavy atom. The summed E-state index contributed by atoms with van der Waals surface area (Å²) in [6.45, 7) is 3.10. The lowest BCUT2D eigenvalue weighted by atomic mass is 10.1. The highest BCUT2D eigenvalue weighted by molar-refractivity contribution is 5.79.